The van der Waals surface area contributed by atoms with E-state index >= 15 is 0 Å². The fraction of sp³-hybridized carbons (Fsp3) is 0.519. The lowest BCUT2D eigenvalue weighted by atomic mass is 9.55. The number of carbonyl (C=O) groups is 2. The van der Waals surface area contributed by atoms with Crippen LogP contribution in [0.2, 0.25) is 0 Å². The summed E-state index contributed by atoms with van der Waals surface area (Å²) in [6.45, 7) is -0.168. The van der Waals surface area contributed by atoms with Gasteiger partial charge in [0.25, 0.3) is 5.91 Å². The SMILES string of the molecule is CN(C)c1cc(/C=N/NCC(F)(F)F)c(O)c2c1CC1CC3C(C(=O)C1=C2O)C(C)(O)C(C(N)=O)=C(O)[C@H]3N(C)C. The highest BCUT2D eigenvalue weighted by Gasteiger charge is 2.60. The Morgan fingerprint density at radius 3 is 2.41 bits per heavy atom. The molecule has 14 heteroatoms. The minimum absolute atomic E-state index is 0.00457. The van der Waals surface area contributed by atoms with Crippen LogP contribution in [0.5, 0.6) is 5.75 Å². The molecule has 3 aliphatic carbocycles. The molecule has 224 valence electrons. The van der Waals surface area contributed by atoms with Crippen molar-refractivity contribution in [2.45, 2.75) is 37.6 Å². The van der Waals surface area contributed by atoms with Crippen molar-refractivity contribution >= 4 is 29.4 Å². The van der Waals surface area contributed by atoms with Crippen molar-refractivity contribution in [3.05, 3.63) is 39.7 Å². The zero-order valence-electron chi connectivity index (χ0n) is 23.2. The summed E-state index contributed by atoms with van der Waals surface area (Å²) in [5.74, 6) is -5.65. The topological polar surface area (TPSA) is 172 Å². The number of hydrazone groups is 1. The number of aliphatic hydroxyl groups is 3. The molecular weight excluding hydrogens is 547 g/mol. The Kier molecular flexibility index (Phi) is 7.54. The van der Waals surface area contributed by atoms with Gasteiger partial charge >= 0.3 is 6.18 Å². The van der Waals surface area contributed by atoms with Gasteiger partial charge in [-0.15, -0.1) is 0 Å². The van der Waals surface area contributed by atoms with Gasteiger partial charge < -0.3 is 36.5 Å². The lowest BCUT2D eigenvalue weighted by Gasteiger charge is -2.52. The first-order chi connectivity index (χ1) is 18.9. The molecule has 0 heterocycles. The maximum atomic E-state index is 14.1. The average Bonchev–Trinajstić information content (AvgIpc) is 2.80. The number of aliphatic hydroxyl groups excluding tert-OH is 2. The lowest BCUT2D eigenvalue weighted by Crippen LogP contribution is -2.61. The van der Waals surface area contributed by atoms with Crippen LogP contribution in [0.25, 0.3) is 5.76 Å². The highest BCUT2D eigenvalue weighted by atomic mass is 19.4. The summed E-state index contributed by atoms with van der Waals surface area (Å²) in [5, 5.41) is 48.7. The second kappa shape index (κ2) is 10.2. The highest BCUT2D eigenvalue weighted by molar-refractivity contribution is 6.09. The maximum Gasteiger partial charge on any atom is 0.407 e. The number of hydrogen-bond acceptors (Lipinski definition) is 10. The lowest BCUT2D eigenvalue weighted by molar-refractivity contribution is -0.139. The molecule has 0 aliphatic heterocycles. The number of likely N-dealkylation sites (N-methyl/N-ethyl adjacent to an activating group) is 1. The van der Waals surface area contributed by atoms with Crippen molar-refractivity contribution in [3.63, 3.8) is 0 Å². The number of carbonyl (C=O) groups excluding carboxylic acids is 2. The Labute approximate surface area is 234 Å². The highest BCUT2D eigenvalue weighted by Crippen LogP contribution is 2.55. The summed E-state index contributed by atoms with van der Waals surface area (Å²) < 4.78 is 37.5. The van der Waals surface area contributed by atoms with E-state index in [1.54, 1.807) is 38.0 Å². The van der Waals surface area contributed by atoms with E-state index in [0.29, 0.717) is 11.3 Å². The molecule has 0 radical (unpaired) electrons. The van der Waals surface area contributed by atoms with Gasteiger partial charge in [0, 0.05) is 30.9 Å². The molecule has 5 atom stereocenters. The van der Waals surface area contributed by atoms with Crippen molar-refractivity contribution in [1.82, 2.24) is 10.3 Å². The van der Waals surface area contributed by atoms with Gasteiger partial charge in [-0.3, -0.25) is 14.5 Å². The first-order valence-electron chi connectivity index (χ1n) is 12.9. The molecule has 11 nitrogen and oxygen atoms in total. The number of aromatic hydroxyl groups is 1. The number of benzene rings is 1. The third-order valence-corrected chi connectivity index (χ3v) is 8.21. The van der Waals surface area contributed by atoms with Gasteiger partial charge in [-0.05, 0) is 57.3 Å². The number of Topliss-reactive ketones (excluding diaryl/α,β-unsaturated/α-hetero) is 1. The largest absolute Gasteiger partial charge is 0.510 e. The Morgan fingerprint density at radius 2 is 1.88 bits per heavy atom. The predicted molar refractivity (Wildman–Crippen MR) is 144 cm³/mol. The molecule has 7 N–H and O–H groups in total. The van der Waals surface area contributed by atoms with Crippen LogP contribution in [0.4, 0.5) is 18.9 Å². The molecule has 4 rings (SSSR count). The number of phenolic OH excluding ortho intramolecular Hbond substituents is 1. The van der Waals surface area contributed by atoms with Gasteiger partial charge in [-0.25, -0.2) is 0 Å². The fourth-order valence-corrected chi connectivity index (χ4v) is 6.70. The van der Waals surface area contributed by atoms with E-state index < -0.39 is 76.6 Å². The van der Waals surface area contributed by atoms with Gasteiger partial charge in [0.1, 0.15) is 29.4 Å². The molecule has 0 saturated heterocycles. The number of anilines is 1. The number of allylic oxidation sites excluding steroid dienone is 1. The number of alkyl halides is 3. The second-order valence-corrected chi connectivity index (χ2v) is 11.4. The van der Waals surface area contributed by atoms with Gasteiger partial charge in [0.2, 0.25) is 0 Å². The third kappa shape index (κ3) is 4.99. The first kappa shape index (κ1) is 30.2. The van der Waals surface area contributed by atoms with Gasteiger partial charge in [0.15, 0.2) is 5.78 Å². The molecule has 4 unspecified atom stereocenters. The Balaban J connectivity index is 1.87. The Hall–Kier alpha value is -3.78. The van der Waals surface area contributed by atoms with Crippen LogP contribution in [0.1, 0.15) is 30.0 Å². The zero-order chi connectivity index (χ0) is 30.8. The molecule has 41 heavy (non-hydrogen) atoms. The van der Waals surface area contributed by atoms with Crippen molar-refractivity contribution in [1.29, 1.82) is 0 Å². The number of nitrogens with one attached hydrogen (secondary N) is 1. The van der Waals surface area contributed by atoms with Gasteiger partial charge in [-0.1, -0.05) is 0 Å². The van der Waals surface area contributed by atoms with Crippen molar-refractivity contribution < 1.29 is 43.2 Å². The predicted octanol–water partition coefficient (Wildman–Crippen LogP) is 1.58. The maximum absolute atomic E-state index is 14.1. The van der Waals surface area contributed by atoms with Gasteiger partial charge in [0.05, 0.1) is 29.3 Å². The number of fused-ring (bicyclic) bond motifs is 3. The molecule has 1 saturated carbocycles. The van der Waals surface area contributed by atoms with Gasteiger partial charge in [-0.2, -0.15) is 18.3 Å². The summed E-state index contributed by atoms with van der Waals surface area (Å²) in [4.78, 5) is 29.8. The van der Waals surface area contributed by atoms with Crippen LogP contribution in [0.15, 0.2) is 28.1 Å². The molecule has 1 aromatic carbocycles. The zero-order valence-corrected chi connectivity index (χ0v) is 23.2. The molecule has 1 aromatic rings. The molecule has 3 aliphatic rings. The third-order valence-electron chi connectivity index (χ3n) is 8.21. The molecular formula is C27H34F3N5O6. The van der Waals surface area contributed by atoms with E-state index in [2.05, 4.69) is 5.10 Å². The first-order valence-corrected chi connectivity index (χ1v) is 12.9. The Bertz CT molecular complexity index is 1380. The number of primary amides is 1. The summed E-state index contributed by atoms with van der Waals surface area (Å²) in [7, 11) is 6.74. The van der Waals surface area contributed by atoms with E-state index in [1.807, 2.05) is 5.43 Å². The second-order valence-electron chi connectivity index (χ2n) is 11.4. The summed E-state index contributed by atoms with van der Waals surface area (Å²) >= 11 is 0. The monoisotopic (exact) mass is 581 g/mol. The summed E-state index contributed by atoms with van der Waals surface area (Å²) in [6, 6.07) is 0.696. The molecule has 1 fully saturated rings. The number of halogens is 3. The summed E-state index contributed by atoms with van der Waals surface area (Å²) in [5.41, 5.74) is 5.66. The quantitative estimate of drug-likeness (QED) is 0.216. The minimum atomic E-state index is -4.51. The van der Waals surface area contributed by atoms with E-state index in [-0.39, 0.29) is 29.5 Å². The molecule has 0 bridgehead atoms. The summed E-state index contributed by atoms with van der Waals surface area (Å²) in [6.07, 6.45) is -3.09. The standard InChI is InChI=1S/C27H34F3N5O6/c1-26(41)18-14(20(35(4)5)24(39)19(26)25(31)40)7-11-6-13-15(34(2)3)8-12(9-32-33-10-27(28,29)30)21(36)17(13)22(37)16(11)23(18)38/h8-9,11,14,18,20,33,36-37,39,41H,6-7,10H2,1-5H3,(H2,31,40)/b32-9+/t11?,14?,18?,20-,26?/m0/s1. The van der Waals surface area contributed by atoms with E-state index in [4.69, 9.17) is 5.73 Å². The van der Waals surface area contributed by atoms with E-state index in [1.165, 1.54) is 13.0 Å². The minimum Gasteiger partial charge on any atom is -0.510 e. The van der Waals surface area contributed by atoms with E-state index in [0.717, 1.165) is 6.21 Å². The van der Waals surface area contributed by atoms with Crippen LogP contribution >= 0.6 is 0 Å². The van der Waals surface area contributed by atoms with Crippen molar-refractivity contribution in [2.24, 2.45) is 28.6 Å². The normalized spacial score (nSPS) is 28.1. The molecule has 0 spiro atoms. The fourth-order valence-electron chi connectivity index (χ4n) is 6.70. The van der Waals surface area contributed by atoms with Crippen LogP contribution < -0.4 is 16.1 Å². The van der Waals surface area contributed by atoms with Crippen LogP contribution in [0.3, 0.4) is 0 Å². The number of rotatable bonds is 6. The Morgan fingerprint density at radius 1 is 1.24 bits per heavy atom. The molecule has 0 aromatic heterocycles. The van der Waals surface area contributed by atoms with Crippen molar-refractivity contribution in [3.8, 4) is 5.75 Å². The van der Waals surface area contributed by atoms with E-state index in [9.17, 15) is 43.2 Å². The van der Waals surface area contributed by atoms with Crippen LogP contribution in [-0.4, -0.2) is 95.8 Å². The average molecular weight is 582 g/mol. The number of ketones is 1. The van der Waals surface area contributed by atoms with Crippen LogP contribution in [-0.2, 0) is 16.0 Å². The number of nitrogens with zero attached hydrogens (tertiary/aromatic N) is 3. The number of phenols is 1. The molecule has 1 amide bonds. The van der Waals surface area contributed by atoms with Crippen LogP contribution in [0, 0.1) is 17.8 Å². The number of hydrogen-bond donors (Lipinski definition) is 6. The number of amides is 1. The van der Waals surface area contributed by atoms with Crippen molar-refractivity contribution in [2.75, 3.05) is 39.6 Å². The number of nitrogens with two attached hydrogens (primary N) is 1. The smallest absolute Gasteiger partial charge is 0.407 e.